The quantitative estimate of drug-likeness (QED) is 0.789. The predicted molar refractivity (Wildman–Crippen MR) is 91.4 cm³/mol. The fraction of sp³-hybridized carbons (Fsp3) is 0.294. The topological polar surface area (TPSA) is 41.1 Å². The Morgan fingerprint density at radius 1 is 1.18 bits per heavy atom. The second-order valence-corrected chi connectivity index (χ2v) is 6.66. The maximum atomic E-state index is 4.74. The van der Waals surface area contributed by atoms with Gasteiger partial charge in [0.25, 0.3) is 0 Å². The number of nitrogens with one attached hydrogen (secondary N) is 1. The minimum Gasteiger partial charge on any atom is -0.368 e. The van der Waals surface area contributed by atoms with E-state index in [2.05, 4.69) is 63.9 Å². The summed E-state index contributed by atoms with van der Waals surface area (Å²) in [5.41, 5.74) is 1.26. The molecular formula is C17H18N4S. The van der Waals surface area contributed by atoms with Crippen LogP contribution in [0.3, 0.4) is 0 Å². The van der Waals surface area contributed by atoms with E-state index in [0.717, 1.165) is 29.1 Å². The zero-order chi connectivity index (χ0) is 14.9. The molecule has 2 atom stereocenters. The highest BCUT2D eigenvalue weighted by Crippen LogP contribution is 2.24. The first kappa shape index (κ1) is 13.7. The van der Waals surface area contributed by atoms with Gasteiger partial charge in [0.05, 0.1) is 6.04 Å². The van der Waals surface area contributed by atoms with Crippen LogP contribution in [0.5, 0.6) is 0 Å². The lowest BCUT2D eigenvalue weighted by molar-refractivity contribution is 0.384. The van der Waals surface area contributed by atoms with Gasteiger partial charge in [0, 0.05) is 36.4 Å². The van der Waals surface area contributed by atoms with E-state index >= 15 is 0 Å². The first-order chi connectivity index (χ1) is 10.8. The van der Waals surface area contributed by atoms with E-state index in [4.69, 9.17) is 4.98 Å². The Kier molecular flexibility index (Phi) is 3.52. The number of fused-ring (bicyclic) bond motifs is 1. The number of piperazine rings is 1. The Morgan fingerprint density at radius 3 is 2.91 bits per heavy atom. The van der Waals surface area contributed by atoms with Crippen molar-refractivity contribution in [1.82, 2.24) is 15.3 Å². The van der Waals surface area contributed by atoms with E-state index in [-0.39, 0.29) is 6.04 Å². The van der Waals surface area contributed by atoms with Crippen molar-refractivity contribution in [3.8, 4) is 0 Å². The molecule has 1 aliphatic rings. The molecule has 2 aromatic heterocycles. The molecule has 4 rings (SSSR count). The van der Waals surface area contributed by atoms with Crippen LogP contribution in [0.1, 0.15) is 18.8 Å². The number of benzene rings is 1. The summed E-state index contributed by atoms with van der Waals surface area (Å²) in [4.78, 5) is 12.8. The third-order valence-corrected chi connectivity index (χ3v) is 4.86. The van der Waals surface area contributed by atoms with Crippen LogP contribution in [-0.2, 0) is 0 Å². The van der Waals surface area contributed by atoms with Crippen LogP contribution in [0.15, 0.2) is 48.0 Å². The minimum atomic E-state index is 0.162. The van der Waals surface area contributed by atoms with Crippen molar-refractivity contribution in [1.29, 1.82) is 0 Å². The number of anilines is 1. The highest BCUT2D eigenvalue weighted by molar-refractivity contribution is 7.16. The third-order valence-electron chi connectivity index (χ3n) is 4.04. The smallest absolute Gasteiger partial charge is 0.148 e. The number of nitrogens with zero attached hydrogens (tertiary/aromatic N) is 3. The molecule has 1 N–H and O–H groups in total. The Hall–Kier alpha value is -1.98. The molecule has 0 aliphatic carbocycles. The molecule has 112 valence electrons. The summed E-state index contributed by atoms with van der Waals surface area (Å²) < 4.78 is 0. The molecule has 0 bridgehead atoms. The van der Waals surface area contributed by atoms with Gasteiger partial charge in [-0.1, -0.05) is 18.2 Å². The van der Waals surface area contributed by atoms with Crippen LogP contribution in [0, 0.1) is 0 Å². The minimum absolute atomic E-state index is 0.162. The van der Waals surface area contributed by atoms with E-state index in [9.17, 15) is 0 Å². The highest BCUT2D eigenvalue weighted by Gasteiger charge is 2.27. The average molecular weight is 310 g/mol. The SMILES string of the molecule is CC1CN(c2ccccc2)CC(c2ncc3ccsc3n2)N1. The molecule has 0 amide bonds. The molecule has 3 heterocycles. The Bertz CT molecular complexity index is 770. The first-order valence-corrected chi connectivity index (χ1v) is 8.44. The van der Waals surface area contributed by atoms with Gasteiger partial charge in [0.15, 0.2) is 0 Å². The normalized spacial score (nSPS) is 22.1. The molecule has 5 heteroatoms. The van der Waals surface area contributed by atoms with E-state index in [0.29, 0.717) is 6.04 Å². The lowest BCUT2D eigenvalue weighted by Gasteiger charge is -2.38. The number of aromatic nitrogens is 2. The van der Waals surface area contributed by atoms with Gasteiger partial charge in [0.2, 0.25) is 0 Å². The highest BCUT2D eigenvalue weighted by atomic mass is 32.1. The molecule has 4 nitrogen and oxygen atoms in total. The van der Waals surface area contributed by atoms with Crippen LogP contribution in [0.4, 0.5) is 5.69 Å². The van der Waals surface area contributed by atoms with Crippen LogP contribution in [0.2, 0.25) is 0 Å². The molecule has 1 aliphatic heterocycles. The molecule has 0 radical (unpaired) electrons. The summed E-state index contributed by atoms with van der Waals surface area (Å²) in [5.74, 6) is 0.891. The van der Waals surface area contributed by atoms with Crippen LogP contribution in [0.25, 0.3) is 10.2 Å². The molecule has 2 unspecified atom stereocenters. The molecule has 0 saturated carbocycles. The monoisotopic (exact) mass is 310 g/mol. The number of hydrogen-bond donors (Lipinski definition) is 1. The summed E-state index contributed by atoms with van der Waals surface area (Å²) in [7, 11) is 0. The van der Waals surface area contributed by atoms with Gasteiger partial charge in [-0.15, -0.1) is 11.3 Å². The fourth-order valence-electron chi connectivity index (χ4n) is 3.02. The fourth-order valence-corrected chi connectivity index (χ4v) is 3.76. The van der Waals surface area contributed by atoms with Gasteiger partial charge in [0.1, 0.15) is 10.7 Å². The number of para-hydroxylation sites is 1. The van der Waals surface area contributed by atoms with Crippen molar-refractivity contribution in [2.45, 2.75) is 19.0 Å². The van der Waals surface area contributed by atoms with E-state index in [1.54, 1.807) is 11.3 Å². The van der Waals surface area contributed by atoms with Crippen LogP contribution < -0.4 is 10.2 Å². The molecule has 0 spiro atoms. The van der Waals surface area contributed by atoms with Crippen molar-refractivity contribution in [3.05, 3.63) is 53.8 Å². The standard InChI is InChI=1S/C17H18N4S/c1-12-10-21(14-5-3-2-4-6-14)11-15(19-12)16-18-9-13-7-8-22-17(13)20-16/h2-9,12,15,19H,10-11H2,1H3. The van der Waals surface area contributed by atoms with Gasteiger partial charge >= 0.3 is 0 Å². The van der Waals surface area contributed by atoms with Crippen LogP contribution in [-0.4, -0.2) is 29.1 Å². The van der Waals surface area contributed by atoms with Crippen molar-refractivity contribution in [3.63, 3.8) is 0 Å². The van der Waals surface area contributed by atoms with Gasteiger partial charge < -0.3 is 10.2 Å². The number of hydrogen-bond acceptors (Lipinski definition) is 5. The molecular weight excluding hydrogens is 292 g/mol. The van der Waals surface area contributed by atoms with Crippen LogP contribution >= 0.6 is 11.3 Å². The average Bonchev–Trinajstić information content (AvgIpc) is 3.02. The lowest BCUT2D eigenvalue weighted by atomic mass is 10.1. The zero-order valence-electron chi connectivity index (χ0n) is 12.4. The molecule has 1 fully saturated rings. The van der Waals surface area contributed by atoms with E-state index in [1.807, 2.05) is 6.20 Å². The second-order valence-electron chi connectivity index (χ2n) is 5.77. The first-order valence-electron chi connectivity index (χ1n) is 7.56. The Labute approximate surface area is 133 Å². The summed E-state index contributed by atoms with van der Waals surface area (Å²) in [6, 6.07) is 13.2. The summed E-state index contributed by atoms with van der Waals surface area (Å²) in [6.07, 6.45) is 1.93. The van der Waals surface area contributed by atoms with E-state index in [1.165, 1.54) is 5.69 Å². The lowest BCUT2D eigenvalue weighted by Crippen LogP contribution is -2.51. The Balaban J connectivity index is 1.63. The number of thiophene rings is 1. The summed E-state index contributed by atoms with van der Waals surface area (Å²) >= 11 is 1.67. The molecule has 3 aromatic rings. The summed E-state index contributed by atoms with van der Waals surface area (Å²) in [6.45, 7) is 4.11. The largest absolute Gasteiger partial charge is 0.368 e. The van der Waals surface area contributed by atoms with Gasteiger partial charge in [-0.05, 0) is 30.5 Å². The molecule has 22 heavy (non-hydrogen) atoms. The zero-order valence-corrected chi connectivity index (χ0v) is 13.3. The van der Waals surface area contributed by atoms with Crippen molar-refractivity contribution in [2.75, 3.05) is 18.0 Å². The van der Waals surface area contributed by atoms with Gasteiger partial charge in [-0.3, -0.25) is 0 Å². The third kappa shape index (κ3) is 2.58. The molecule has 1 saturated heterocycles. The summed E-state index contributed by atoms with van der Waals surface area (Å²) in [5, 5.41) is 6.82. The van der Waals surface area contributed by atoms with E-state index < -0.39 is 0 Å². The van der Waals surface area contributed by atoms with Crippen molar-refractivity contribution in [2.24, 2.45) is 0 Å². The predicted octanol–water partition coefficient (Wildman–Crippen LogP) is 3.23. The second kappa shape index (κ2) is 5.66. The maximum Gasteiger partial charge on any atom is 0.148 e. The Morgan fingerprint density at radius 2 is 2.05 bits per heavy atom. The van der Waals surface area contributed by atoms with Crippen molar-refractivity contribution < 1.29 is 0 Å². The van der Waals surface area contributed by atoms with Gasteiger partial charge in [-0.25, -0.2) is 9.97 Å². The van der Waals surface area contributed by atoms with Crippen molar-refractivity contribution >= 4 is 27.2 Å². The molecule has 1 aromatic carbocycles. The van der Waals surface area contributed by atoms with Gasteiger partial charge in [-0.2, -0.15) is 0 Å². The maximum absolute atomic E-state index is 4.74. The number of rotatable bonds is 2.